The van der Waals surface area contributed by atoms with Crippen molar-refractivity contribution in [2.45, 2.75) is 24.7 Å². The number of carbonyl (C=O) groups is 2. The van der Waals surface area contributed by atoms with Crippen LogP contribution in [0.5, 0.6) is 11.5 Å². The van der Waals surface area contributed by atoms with Crippen LogP contribution in [0.2, 0.25) is 0 Å². The predicted octanol–water partition coefficient (Wildman–Crippen LogP) is 2.47. The average Bonchev–Trinajstić information content (AvgIpc) is 2.61. The van der Waals surface area contributed by atoms with Gasteiger partial charge < -0.3 is 14.6 Å². The molecule has 0 amide bonds. The molecule has 1 aliphatic heterocycles. The molecule has 0 aromatic heterocycles. The van der Waals surface area contributed by atoms with Crippen molar-refractivity contribution in [3.8, 4) is 11.5 Å². The van der Waals surface area contributed by atoms with E-state index in [4.69, 9.17) is 9.47 Å². The van der Waals surface area contributed by atoms with Gasteiger partial charge in [0.25, 0.3) is 5.79 Å². The molecule has 0 saturated carbocycles. The van der Waals surface area contributed by atoms with Gasteiger partial charge >= 0.3 is 0 Å². The minimum Gasteiger partial charge on any atom is -0.447 e. The maximum atomic E-state index is 12.6. The van der Waals surface area contributed by atoms with E-state index in [1.807, 2.05) is 36.4 Å². The summed E-state index contributed by atoms with van der Waals surface area (Å²) in [4.78, 5) is 24.9. The summed E-state index contributed by atoms with van der Waals surface area (Å²) in [5, 5.41) is 12.1. The fourth-order valence-electron chi connectivity index (χ4n) is 3.92. The van der Waals surface area contributed by atoms with Crippen LogP contribution in [0, 0.1) is 0 Å². The number of ether oxygens (including phenoxy) is 2. The molecule has 1 heterocycles. The number of allylic oxidation sites excluding steroid dienone is 2. The third-order valence-corrected chi connectivity index (χ3v) is 5.01. The van der Waals surface area contributed by atoms with Gasteiger partial charge in [-0.25, -0.2) is 0 Å². The van der Waals surface area contributed by atoms with Gasteiger partial charge in [0.15, 0.2) is 11.6 Å². The van der Waals surface area contributed by atoms with Crippen LogP contribution in [0.4, 0.5) is 0 Å². The Kier molecular flexibility index (Phi) is 2.77. The molecule has 0 saturated heterocycles. The highest BCUT2D eigenvalue weighted by Crippen LogP contribution is 2.48. The molecular formula is C20H14O5. The number of benzene rings is 2. The molecule has 2 aromatic rings. The number of fused-ring (bicyclic) bond motifs is 1. The molecule has 2 aromatic carbocycles. The molecule has 0 unspecified atom stereocenters. The Morgan fingerprint density at radius 1 is 0.960 bits per heavy atom. The van der Waals surface area contributed by atoms with Gasteiger partial charge in [-0.15, -0.1) is 0 Å². The number of hydrogen-bond acceptors (Lipinski definition) is 5. The minimum atomic E-state index is -1.38. The highest BCUT2D eigenvalue weighted by molar-refractivity contribution is 6.21. The zero-order chi connectivity index (χ0) is 17.2. The molecule has 1 N–H and O–H groups in total. The SMILES string of the molecule is O=C1C=CC(=O)C2=C1[C@@H](O)CCC21Oc2cccc3cccc(c23)O1. The number of aliphatic hydroxyl groups excluding tert-OH is 1. The van der Waals surface area contributed by atoms with Gasteiger partial charge in [-0.05, 0) is 36.1 Å². The second-order valence-electron chi connectivity index (χ2n) is 6.47. The molecule has 1 spiro atoms. The van der Waals surface area contributed by atoms with E-state index < -0.39 is 11.9 Å². The molecular weight excluding hydrogens is 320 g/mol. The van der Waals surface area contributed by atoms with Crippen molar-refractivity contribution < 1.29 is 24.2 Å². The Morgan fingerprint density at radius 3 is 2.28 bits per heavy atom. The van der Waals surface area contributed by atoms with Crippen molar-refractivity contribution >= 4 is 22.3 Å². The van der Waals surface area contributed by atoms with Crippen LogP contribution < -0.4 is 9.47 Å². The molecule has 5 heteroatoms. The maximum Gasteiger partial charge on any atom is 0.282 e. The van der Waals surface area contributed by atoms with Gasteiger partial charge in [-0.1, -0.05) is 24.3 Å². The average molecular weight is 334 g/mol. The molecule has 0 radical (unpaired) electrons. The third kappa shape index (κ3) is 1.87. The predicted molar refractivity (Wildman–Crippen MR) is 89.4 cm³/mol. The largest absolute Gasteiger partial charge is 0.447 e. The van der Waals surface area contributed by atoms with Gasteiger partial charge in [0.05, 0.1) is 17.1 Å². The van der Waals surface area contributed by atoms with Gasteiger partial charge in [-0.2, -0.15) is 0 Å². The van der Waals surface area contributed by atoms with Crippen LogP contribution in [0.15, 0.2) is 59.7 Å². The monoisotopic (exact) mass is 334 g/mol. The van der Waals surface area contributed by atoms with Crippen molar-refractivity contribution in [1.82, 2.24) is 0 Å². The zero-order valence-corrected chi connectivity index (χ0v) is 13.2. The van der Waals surface area contributed by atoms with Gasteiger partial charge in [-0.3, -0.25) is 9.59 Å². The Bertz CT molecular complexity index is 973. The van der Waals surface area contributed by atoms with Crippen molar-refractivity contribution in [3.05, 3.63) is 59.7 Å². The van der Waals surface area contributed by atoms with Crippen LogP contribution in [0.1, 0.15) is 12.8 Å². The zero-order valence-electron chi connectivity index (χ0n) is 13.2. The first-order valence-corrected chi connectivity index (χ1v) is 8.18. The highest BCUT2D eigenvalue weighted by Gasteiger charge is 2.52. The van der Waals surface area contributed by atoms with Crippen molar-refractivity contribution in [2.75, 3.05) is 0 Å². The Labute approximate surface area is 143 Å². The molecule has 0 bridgehead atoms. The Balaban J connectivity index is 1.75. The molecule has 25 heavy (non-hydrogen) atoms. The molecule has 1 atom stereocenters. The lowest BCUT2D eigenvalue weighted by atomic mass is 9.77. The first kappa shape index (κ1) is 14.4. The number of hydrogen-bond donors (Lipinski definition) is 1. The van der Waals surface area contributed by atoms with E-state index in [2.05, 4.69) is 0 Å². The summed E-state index contributed by atoms with van der Waals surface area (Å²) >= 11 is 0. The summed E-state index contributed by atoms with van der Waals surface area (Å²) in [6.45, 7) is 0. The van der Waals surface area contributed by atoms with E-state index in [1.54, 1.807) is 0 Å². The lowest BCUT2D eigenvalue weighted by Crippen LogP contribution is -2.53. The van der Waals surface area contributed by atoms with Crippen LogP contribution in [0.3, 0.4) is 0 Å². The lowest BCUT2D eigenvalue weighted by molar-refractivity contribution is -0.133. The minimum absolute atomic E-state index is 0.0882. The summed E-state index contributed by atoms with van der Waals surface area (Å²) < 4.78 is 12.3. The topological polar surface area (TPSA) is 72.8 Å². The molecule has 5 nitrogen and oxygen atoms in total. The quantitative estimate of drug-likeness (QED) is 0.749. The normalized spacial score (nSPS) is 23.5. The number of ketones is 2. The van der Waals surface area contributed by atoms with Crippen LogP contribution in [-0.2, 0) is 9.59 Å². The molecule has 2 aliphatic carbocycles. The van der Waals surface area contributed by atoms with Crippen molar-refractivity contribution in [2.24, 2.45) is 0 Å². The van der Waals surface area contributed by atoms with Gasteiger partial charge in [0.2, 0.25) is 0 Å². The number of aliphatic hydroxyl groups is 1. The van der Waals surface area contributed by atoms with E-state index >= 15 is 0 Å². The van der Waals surface area contributed by atoms with E-state index in [9.17, 15) is 14.7 Å². The van der Waals surface area contributed by atoms with Crippen LogP contribution in [-0.4, -0.2) is 28.6 Å². The Hall–Kier alpha value is -2.92. The van der Waals surface area contributed by atoms with Gasteiger partial charge in [0, 0.05) is 12.0 Å². The van der Waals surface area contributed by atoms with E-state index in [1.165, 1.54) is 12.2 Å². The molecule has 0 fully saturated rings. The van der Waals surface area contributed by atoms with Crippen molar-refractivity contribution in [1.29, 1.82) is 0 Å². The van der Waals surface area contributed by atoms with E-state index in [0.29, 0.717) is 11.5 Å². The van der Waals surface area contributed by atoms with Crippen molar-refractivity contribution in [3.63, 3.8) is 0 Å². The fourth-order valence-corrected chi connectivity index (χ4v) is 3.92. The summed E-state index contributed by atoms with van der Waals surface area (Å²) in [6, 6.07) is 11.3. The van der Waals surface area contributed by atoms with Crippen LogP contribution in [0.25, 0.3) is 10.8 Å². The number of carbonyl (C=O) groups excluding carboxylic acids is 2. The second kappa shape index (κ2) is 4.80. The second-order valence-corrected chi connectivity index (χ2v) is 6.47. The van der Waals surface area contributed by atoms with E-state index in [0.717, 1.165) is 10.8 Å². The standard InChI is InChI=1S/C20H14O5/c21-12-7-8-14(23)19-18(12)13(22)9-10-20(19)24-15-5-1-3-11-4-2-6-16(25-20)17(11)15/h1-8,13,22H,9-10H2/t13-/m0/s1. The highest BCUT2D eigenvalue weighted by atomic mass is 16.7. The summed E-state index contributed by atoms with van der Waals surface area (Å²) in [5.41, 5.74) is 0.204. The molecule has 124 valence electrons. The molecule has 5 rings (SSSR count). The summed E-state index contributed by atoms with van der Waals surface area (Å²) in [7, 11) is 0. The first-order chi connectivity index (χ1) is 12.1. The van der Waals surface area contributed by atoms with Crippen LogP contribution >= 0.6 is 0 Å². The fraction of sp³-hybridized carbons (Fsp3) is 0.200. The van der Waals surface area contributed by atoms with E-state index in [-0.39, 0.29) is 35.6 Å². The van der Waals surface area contributed by atoms with Gasteiger partial charge in [0.1, 0.15) is 11.5 Å². The third-order valence-electron chi connectivity index (χ3n) is 5.01. The maximum absolute atomic E-state index is 12.6. The number of rotatable bonds is 0. The lowest BCUT2D eigenvalue weighted by Gasteiger charge is -2.43. The summed E-state index contributed by atoms with van der Waals surface area (Å²) in [5.74, 6) is -0.894. The smallest absolute Gasteiger partial charge is 0.282 e. The summed E-state index contributed by atoms with van der Waals surface area (Å²) in [6.07, 6.45) is 1.99. The Morgan fingerprint density at radius 2 is 1.60 bits per heavy atom. The molecule has 3 aliphatic rings. The first-order valence-electron chi connectivity index (χ1n) is 8.18.